The quantitative estimate of drug-likeness (QED) is 0.370. The van der Waals surface area contributed by atoms with E-state index in [0.717, 1.165) is 36.9 Å². The Morgan fingerprint density at radius 1 is 1.03 bits per heavy atom. The molecule has 1 saturated carbocycles. The molecule has 0 bridgehead atoms. The maximum atomic E-state index is 12.9. The lowest BCUT2D eigenvalue weighted by atomic mass is 9.90. The van der Waals surface area contributed by atoms with Gasteiger partial charge in [0.15, 0.2) is 0 Å². The molecule has 1 fully saturated rings. The zero-order valence-corrected chi connectivity index (χ0v) is 21.3. The molecule has 0 spiro atoms. The third-order valence-electron chi connectivity index (χ3n) is 6.12. The maximum Gasteiger partial charge on any atom is 0.319 e. The molecule has 2 aromatic carbocycles. The molecule has 9 heteroatoms. The smallest absolute Gasteiger partial charge is 0.319 e. The summed E-state index contributed by atoms with van der Waals surface area (Å²) in [4.78, 5) is 29.9. The fraction of sp³-hybridized carbons (Fsp3) is 0.346. The van der Waals surface area contributed by atoms with Crippen LogP contribution in [-0.4, -0.2) is 29.0 Å². The molecule has 1 aromatic heterocycles. The molecule has 2 unspecified atom stereocenters. The van der Waals surface area contributed by atoms with Crippen LogP contribution in [0.2, 0.25) is 5.02 Å². The van der Waals surface area contributed by atoms with Crippen molar-refractivity contribution in [3.05, 3.63) is 74.7 Å². The Balaban J connectivity index is 1.31. The van der Waals surface area contributed by atoms with E-state index in [1.165, 1.54) is 16.9 Å². The van der Waals surface area contributed by atoms with Crippen LogP contribution in [0.15, 0.2) is 47.8 Å². The van der Waals surface area contributed by atoms with Crippen LogP contribution < -0.4 is 20.7 Å². The van der Waals surface area contributed by atoms with E-state index in [9.17, 15) is 9.59 Å². The van der Waals surface area contributed by atoms with Gasteiger partial charge in [-0.25, -0.2) is 9.78 Å². The van der Waals surface area contributed by atoms with Crippen LogP contribution in [0.1, 0.15) is 52.3 Å². The minimum Gasteiger partial charge on any atom is -0.486 e. The van der Waals surface area contributed by atoms with Gasteiger partial charge in [-0.1, -0.05) is 30.5 Å². The van der Waals surface area contributed by atoms with Gasteiger partial charge in [-0.3, -0.25) is 4.79 Å². The van der Waals surface area contributed by atoms with Crippen LogP contribution in [0.5, 0.6) is 5.75 Å². The number of benzene rings is 2. The average molecular weight is 513 g/mol. The number of urea groups is 1. The number of hydrogen-bond acceptors (Lipinski definition) is 5. The molecule has 1 aliphatic carbocycles. The lowest BCUT2D eigenvalue weighted by Gasteiger charge is -2.32. The van der Waals surface area contributed by atoms with Gasteiger partial charge in [0.25, 0.3) is 5.91 Å². The predicted octanol–water partition coefficient (Wildman–Crippen LogP) is 5.86. The van der Waals surface area contributed by atoms with E-state index in [2.05, 4.69) is 20.9 Å². The zero-order valence-electron chi connectivity index (χ0n) is 19.8. The summed E-state index contributed by atoms with van der Waals surface area (Å²) in [5, 5.41) is 12.1. The molecule has 3 aromatic rings. The van der Waals surface area contributed by atoms with Crippen molar-refractivity contribution in [3.8, 4) is 5.75 Å². The fourth-order valence-electron chi connectivity index (χ4n) is 4.03. The number of amides is 3. The van der Waals surface area contributed by atoms with Crippen LogP contribution in [0.3, 0.4) is 0 Å². The van der Waals surface area contributed by atoms with Gasteiger partial charge in [0.05, 0.1) is 6.04 Å². The van der Waals surface area contributed by atoms with Crippen molar-refractivity contribution in [3.63, 3.8) is 0 Å². The highest BCUT2D eigenvalue weighted by atomic mass is 35.5. The summed E-state index contributed by atoms with van der Waals surface area (Å²) in [5.41, 5.74) is 3.39. The summed E-state index contributed by atoms with van der Waals surface area (Å²) < 4.78 is 5.72. The van der Waals surface area contributed by atoms with Gasteiger partial charge in [0.1, 0.15) is 23.1 Å². The third-order valence-corrected chi connectivity index (χ3v) is 7.20. The van der Waals surface area contributed by atoms with Crippen LogP contribution in [0.4, 0.5) is 10.5 Å². The molecule has 3 N–H and O–H groups in total. The van der Waals surface area contributed by atoms with E-state index in [1.54, 1.807) is 29.6 Å². The highest BCUT2D eigenvalue weighted by molar-refractivity contribution is 7.09. The first-order chi connectivity index (χ1) is 16.9. The largest absolute Gasteiger partial charge is 0.486 e. The van der Waals surface area contributed by atoms with Crippen molar-refractivity contribution in [2.24, 2.45) is 0 Å². The molecule has 0 saturated heterocycles. The molecule has 184 valence electrons. The number of ether oxygens (including phenoxy) is 1. The Kier molecular flexibility index (Phi) is 8.25. The van der Waals surface area contributed by atoms with Crippen LogP contribution in [0.25, 0.3) is 0 Å². The number of anilines is 1. The van der Waals surface area contributed by atoms with Gasteiger partial charge in [0, 0.05) is 22.1 Å². The maximum absolute atomic E-state index is 12.9. The molecule has 2 atom stereocenters. The standard InChI is InChI=1S/C26H29ClN4O3S/c1-16-7-10-19(13-17(16)2)28-26(33)31-22-6-4-3-5-21(22)30-25(32)23-15-35-24(29-23)14-34-20-11-8-18(27)9-12-20/h7-13,15,21-22H,3-6,14H2,1-2H3,(H,30,32)(H2,28,31,33). The van der Waals surface area contributed by atoms with Crippen LogP contribution in [-0.2, 0) is 6.61 Å². The lowest BCUT2D eigenvalue weighted by molar-refractivity contribution is 0.0911. The minimum atomic E-state index is -0.269. The average Bonchev–Trinajstić information content (AvgIpc) is 3.32. The Hall–Kier alpha value is -3.10. The normalized spacial score (nSPS) is 17.5. The van der Waals surface area contributed by atoms with Crippen molar-refractivity contribution < 1.29 is 14.3 Å². The summed E-state index contributed by atoms with van der Waals surface area (Å²) in [6, 6.07) is 12.3. The van der Waals surface area contributed by atoms with Gasteiger partial charge in [-0.05, 0) is 74.2 Å². The number of carbonyl (C=O) groups is 2. The number of hydrogen-bond donors (Lipinski definition) is 3. The monoisotopic (exact) mass is 512 g/mol. The van der Waals surface area contributed by atoms with E-state index in [-0.39, 0.29) is 30.6 Å². The van der Waals surface area contributed by atoms with Gasteiger partial charge in [-0.15, -0.1) is 11.3 Å². The first-order valence-electron chi connectivity index (χ1n) is 11.7. The summed E-state index contributed by atoms with van der Waals surface area (Å²) >= 11 is 7.27. The van der Waals surface area contributed by atoms with E-state index in [0.29, 0.717) is 21.5 Å². The van der Waals surface area contributed by atoms with E-state index in [1.807, 2.05) is 32.0 Å². The topological polar surface area (TPSA) is 92.4 Å². The molecule has 4 rings (SSSR count). The van der Waals surface area contributed by atoms with Crippen molar-refractivity contribution in [1.29, 1.82) is 0 Å². The highest BCUT2D eigenvalue weighted by Gasteiger charge is 2.28. The molecule has 1 heterocycles. The molecule has 3 amide bonds. The number of nitrogens with zero attached hydrogens (tertiary/aromatic N) is 1. The molecular weight excluding hydrogens is 484 g/mol. The van der Waals surface area contributed by atoms with Gasteiger partial charge < -0.3 is 20.7 Å². The molecule has 35 heavy (non-hydrogen) atoms. The minimum absolute atomic E-state index is 0.148. The Morgan fingerprint density at radius 2 is 1.74 bits per heavy atom. The number of thiazole rings is 1. The predicted molar refractivity (Wildman–Crippen MR) is 139 cm³/mol. The van der Waals surface area contributed by atoms with Crippen molar-refractivity contribution in [2.45, 2.75) is 58.2 Å². The van der Waals surface area contributed by atoms with Gasteiger partial charge >= 0.3 is 6.03 Å². The summed E-state index contributed by atoms with van der Waals surface area (Å²) in [6.07, 6.45) is 3.61. The Labute approximate surface area is 214 Å². The lowest BCUT2D eigenvalue weighted by Crippen LogP contribution is -2.54. The number of aryl methyl sites for hydroxylation is 2. The first-order valence-corrected chi connectivity index (χ1v) is 12.9. The van der Waals surface area contributed by atoms with Gasteiger partial charge in [0.2, 0.25) is 0 Å². The second-order valence-corrected chi connectivity index (χ2v) is 10.1. The molecule has 0 aliphatic heterocycles. The number of nitrogens with one attached hydrogen (secondary N) is 3. The van der Waals surface area contributed by atoms with Crippen LogP contribution in [0, 0.1) is 13.8 Å². The fourth-order valence-corrected chi connectivity index (χ4v) is 4.84. The van der Waals surface area contributed by atoms with Crippen molar-refractivity contribution in [2.75, 3.05) is 5.32 Å². The molecular formula is C26H29ClN4O3S. The van der Waals surface area contributed by atoms with Crippen LogP contribution >= 0.6 is 22.9 Å². The summed E-state index contributed by atoms with van der Waals surface area (Å²) in [7, 11) is 0. The third kappa shape index (κ3) is 6.96. The second kappa shape index (κ2) is 11.6. The number of aromatic nitrogens is 1. The van der Waals surface area contributed by atoms with Gasteiger partial charge in [-0.2, -0.15) is 0 Å². The number of carbonyl (C=O) groups excluding carboxylic acids is 2. The van der Waals surface area contributed by atoms with Crippen molar-refractivity contribution >= 4 is 40.6 Å². The highest BCUT2D eigenvalue weighted by Crippen LogP contribution is 2.21. The van der Waals surface area contributed by atoms with E-state index < -0.39 is 0 Å². The molecule has 0 radical (unpaired) electrons. The number of rotatable bonds is 7. The Morgan fingerprint density at radius 3 is 2.46 bits per heavy atom. The molecule has 1 aliphatic rings. The number of halogens is 1. The second-order valence-electron chi connectivity index (χ2n) is 8.74. The van der Waals surface area contributed by atoms with E-state index >= 15 is 0 Å². The van der Waals surface area contributed by atoms with Crippen molar-refractivity contribution in [1.82, 2.24) is 15.6 Å². The SMILES string of the molecule is Cc1ccc(NC(=O)NC2CCCCC2NC(=O)c2csc(COc3ccc(Cl)cc3)n2)cc1C. The summed E-state index contributed by atoms with van der Waals surface area (Å²) in [6.45, 7) is 4.32. The summed E-state index contributed by atoms with van der Waals surface area (Å²) in [5.74, 6) is 0.443. The zero-order chi connectivity index (χ0) is 24.8. The molecule has 7 nitrogen and oxygen atoms in total. The van der Waals surface area contributed by atoms with E-state index in [4.69, 9.17) is 16.3 Å². The first kappa shape index (κ1) is 25.0. The Bertz CT molecular complexity index is 1180.